The van der Waals surface area contributed by atoms with Gasteiger partial charge in [0, 0.05) is 58.4 Å². The van der Waals surface area contributed by atoms with E-state index in [2.05, 4.69) is 32.6 Å². The second-order valence-electron chi connectivity index (χ2n) is 7.19. The van der Waals surface area contributed by atoms with Gasteiger partial charge in [0.25, 0.3) is 0 Å². The molecule has 4 heterocycles. The van der Waals surface area contributed by atoms with E-state index >= 15 is 0 Å². The van der Waals surface area contributed by atoms with E-state index in [-0.39, 0.29) is 0 Å². The average Bonchev–Trinajstić information content (AvgIpc) is 3.35. The van der Waals surface area contributed by atoms with Gasteiger partial charge in [-0.2, -0.15) is 9.97 Å². The lowest BCUT2D eigenvalue weighted by Gasteiger charge is -2.35. The number of hydrogen-bond donors (Lipinski definition) is 0. The molecule has 6 nitrogen and oxygen atoms in total. The molecule has 0 spiro atoms. The zero-order chi connectivity index (χ0) is 16.4. The first-order chi connectivity index (χ1) is 11.8. The van der Waals surface area contributed by atoms with Gasteiger partial charge in [-0.15, -0.1) is 0 Å². The molecule has 0 amide bonds. The van der Waals surface area contributed by atoms with Crippen molar-refractivity contribution in [1.82, 2.24) is 14.9 Å². The van der Waals surface area contributed by atoms with Crippen molar-refractivity contribution < 1.29 is 0 Å². The van der Waals surface area contributed by atoms with E-state index in [1.165, 1.54) is 25.7 Å². The lowest BCUT2D eigenvalue weighted by Crippen LogP contribution is -2.46. The van der Waals surface area contributed by atoms with E-state index in [9.17, 15) is 0 Å². The molecule has 3 fully saturated rings. The van der Waals surface area contributed by atoms with Crippen molar-refractivity contribution in [2.24, 2.45) is 0 Å². The number of aromatic nitrogens is 2. The van der Waals surface area contributed by atoms with Crippen LogP contribution in [0.15, 0.2) is 6.07 Å². The van der Waals surface area contributed by atoms with Gasteiger partial charge in [0.2, 0.25) is 5.95 Å². The summed E-state index contributed by atoms with van der Waals surface area (Å²) in [5.41, 5.74) is 0. The second kappa shape index (κ2) is 7.13. The Morgan fingerprint density at radius 1 is 0.708 bits per heavy atom. The van der Waals surface area contributed by atoms with Crippen LogP contribution in [0.3, 0.4) is 0 Å². The highest BCUT2D eigenvalue weighted by Gasteiger charge is 2.23. The van der Waals surface area contributed by atoms with Crippen molar-refractivity contribution in [2.45, 2.75) is 32.6 Å². The van der Waals surface area contributed by atoms with Gasteiger partial charge in [0.1, 0.15) is 11.6 Å². The number of likely N-dealkylation sites (N-methyl/N-ethyl adjacent to an activating group) is 1. The minimum atomic E-state index is 0.949. The molecule has 3 saturated heterocycles. The lowest BCUT2D eigenvalue weighted by molar-refractivity contribution is 0.270. The van der Waals surface area contributed by atoms with Crippen LogP contribution in [0.2, 0.25) is 0 Å². The van der Waals surface area contributed by atoms with Gasteiger partial charge in [-0.05, 0) is 32.2 Å². The van der Waals surface area contributed by atoms with Gasteiger partial charge in [-0.25, -0.2) is 0 Å². The molecule has 3 aliphatic heterocycles. The molecule has 0 aliphatic carbocycles. The Bertz CT molecular complexity index is 508. The molecule has 1 aromatic heterocycles. The van der Waals surface area contributed by atoms with E-state index in [4.69, 9.17) is 9.97 Å². The first-order valence-corrected chi connectivity index (χ1v) is 9.70. The van der Waals surface area contributed by atoms with Gasteiger partial charge in [0.05, 0.1) is 0 Å². The van der Waals surface area contributed by atoms with Crippen molar-refractivity contribution in [3.05, 3.63) is 6.07 Å². The smallest absolute Gasteiger partial charge is 0.229 e. The van der Waals surface area contributed by atoms with Gasteiger partial charge < -0.3 is 19.6 Å². The molecule has 4 rings (SSSR count). The molecule has 0 aromatic carbocycles. The van der Waals surface area contributed by atoms with Crippen molar-refractivity contribution in [2.75, 3.05) is 73.6 Å². The summed E-state index contributed by atoms with van der Waals surface area (Å²) >= 11 is 0. The van der Waals surface area contributed by atoms with Gasteiger partial charge in [-0.3, -0.25) is 0 Å². The minimum absolute atomic E-state index is 0.949. The van der Waals surface area contributed by atoms with Crippen LogP contribution in [-0.4, -0.2) is 73.8 Å². The second-order valence-corrected chi connectivity index (χ2v) is 7.19. The van der Waals surface area contributed by atoms with Gasteiger partial charge >= 0.3 is 0 Å². The molecule has 24 heavy (non-hydrogen) atoms. The topological polar surface area (TPSA) is 38.7 Å². The van der Waals surface area contributed by atoms with E-state index in [0.717, 1.165) is 76.5 Å². The summed E-state index contributed by atoms with van der Waals surface area (Å²) in [6.45, 7) is 12.3. The van der Waals surface area contributed by atoms with Gasteiger partial charge in [0.15, 0.2) is 0 Å². The molecule has 1 aromatic rings. The maximum Gasteiger partial charge on any atom is 0.229 e. The maximum absolute atomic E-state index is 4.96. The maximum atomic E-state index is 4.96. The molecule has 0 saturated carbocycles. The number of hydrogen-bond acceptors (Lipinski definition) is 6. The first-order valence-electron chi connectivity index (χ1n) is 9.70. The van der Waals surface area contributed by atoms with Crippen molar-refractivity contribution in [3.8, 4) is 0 Å². The fourth-order valence-corrected chi connectivity index (χ4v) is 4.03. The van der Waals surface area contributed by atoms with Crippen LogP contribution in [0.1, 0.15) is 32.6 Å². The van der Waals surface area contributed by atoms with Crippen LogP contribution in [-0.2, 0) is 0 Å². The largest absolute Gasteiger partial charge is 0.356 e. The predicted molar refractivity (Wildman–Crippen MR) is 99.3 cm³/mol. The molecular formula is C18H30N6. The Morgan fingerprint density at radius 3 is 1.75 bits per heavy atom. The highest BCUT2D eigenvalue weighted by molar-refractivity contribution is 5.56. The van der Waals surface area contributed by atoms with Crippen LogP contribution in [0, 0.1) is 0 Å². The summed E-state index contributed by atoms with van der Waals surface area (Å²) < 4.78 is 0. The van der Waals surface area contributed by atoms with Crippen LogP contribution in [0.25, 0.3) is 0 Å². The quantitative estimate of drug-likeness (QED) is 0.838. The van der Waals surface area contributed by atoms with Crippen LogP contribution in [0.4, 0.5) is 17.6 Å². The zero-order valence-electron chi connectivity index (χ0n) is 15.0. The summed E-state index contributed by atoms with van der Waals surface area (Å²) in [7, 11) is 0. The van der Waals surface area contributed by atoms with E-state index in [1.807, 2.05) is 0 Å². The highest BCUT2D eigenvalue weighted by Crippen LogP contribution is 2.27. The summed E-state index contributed by atoms with van der Waals surface area (Å²) in [5, 5.41) is 0. The number of anilines is 3. The van der Waals surface area contributed by atoms with Crippen LogP contribution < -0.4 is 14.7 Å². The summed E-state index contributed by atoms with van der Waals surface area (Å²) in [4.78, 5) is 19.7. The first kappa shape index (κ1) is 15.9. The summed E-state index contributed by atoms with van der Waals surface area (Å²) in [5.74, 6) is 3.21. The molecular weight excluding hydrogens is 300 g/mol. The third-order valence-corrected chi connectivity index (χ3v) is 5.65. The monoisotopic (exact) mass is 330 g/mol. The average molecular weight is 330 g/mol. The molecule has 0 N–H and O–H groups in total. The standard InChI is InChI=1S/C18H30N6/c1-2-21-11-13-23(14-12-21)17-15-16(22-7-3-4-8-22)19-18(20-17)24-9-5-6-10-24/h15H,2-14H2,1H3. The SMILES string of the molecule is CCN1CCN(c2cc(N3CCCC3)nc(N3CCCC3)n2)CC1. The molecule has 132 valence electrons. The Morgan fingerprint density at radius 2 is 1.21 bits per heavy atom. The fraction of sp³-hybridized carbons (Fsp3) is 0.778. The van der Waals surface area contributed by atoms with E-state index < -0.39 is 0 Å². The fourth-order valence-electron chi connectivity index (χ4n) is 4.03. The summed E-state index contributed by atoms with van der Waals surface area (Å²) in [6, 6.07) is 2.23. The van der Waals surface area contributed by atoms with Crippen LogP contribution >= 0.6 is 0 Å². The van der Waals surface area contributed by atoms with Crippen molar-refractivity contribution >= 4 is 17.6 Å². The third-order valence-electron chi connectivity index (χ3n) is 5.65. The van der Waals surface area contributed by atoms with Gasteiger partial charge in [-0.1, -0.05) is 6.92 Å². The third kappa shape index (κ3) is 3.29. The Balaban J connectivity index is 1.59. The van der Waals surface area contributed by atoms with E-state index in [1.54, 1.807) is 0 Å². The number of rotatable bonds is 4. The zero-order valence-corrected chi connectivity index (χ0v) is 15.0. The Hall–Kier alpha value is -1.56. The van der Waals surface area contributed by atoms with E-state index in [0.29, 0.717) is 0 Å². The predicted octanol–water partition coefficient (Wildman–Crippen LogP) is 1.82. The van der Waals surface area contributed by atoms with Crippen molar-refractivity contribution in [1.29, 1.82) is 0 Å². The van der Waals surface area contributed by atoms with Crippen LogP contribution in [0.5, 0.6) is 0 Å². The van der Waals surface area contributed by atoms with Crippen molar-refractivity contribution in [3.63, 3.8) is 0 Å². The number of nitrogens with zero attached hydrogens (tertiary/aromatic N) is 6. The molecule has 6 heteroatoms. The minimum Gasteiger partial charge on any atom is -0.356 e. The molecule has 0 unspecified atom stereocenters. The normalized spacial score (nSPS) is 22.6. The molecule has 0 bridgehead atoms. The number of piperazine rings is 1. The Kier molecular flexibility index (Phi) is 4.74. The Labute approximate surface area is 145 Å². The highest BCUT2D eigenvalue weighted by atomic mass is 15.3. The summed E-state index contributed by atoms with van der Waals surface area (Å²) in [6.07, 6.45) is 5.10. The lowest BCUT2D eigenvalue weighted by atomic mass is 10.3. The molecule has 0 atom stereocenters. The molecule has 3 aliphatic rings. The molecule has 0 radical (unpaired) electrons.